The molecule has 1 saturated carbocycles. The van der Waals surface area contributed by atoms with Crippen LogP contribution in [0.15, 0.2) is 30.3 Å². The third-order valence-electron chi connectivity index (χ3n) is 3.30. The highest BCUT2D eigenvalue weighted by molar-refractivity contribution is 5.94. The van der Waals surface area contributed by atoms with E-state index >= 15 is 0 Å². The summed E-state index contributed by atoms with van der Waals surface area (Å²) in [5.41, 5.74) is 0.286. The van der Waals surface area contributed by atoms with Crippen LogP contribution in [-0.4, -0.2) is 34.7 Å². The number of amides is 1. The Morgan fingerprint density at radius 2 is 1.89 bits per heavy atom. The van der Waals surface area contributed by atoms with Crippen molar-refractivity contribution in [1.29, 1.82) is 0 Å². The number of benzene rings is 1. The zero-order valence-electron chi connectivity index (χ0n) is 9.80. The fourth-order valence-electron chi connectivity index (χ4n) is 2.01. The minimum Gasteiger partial charge on any atom is -0.480 e. The van der Waals surface area contributed by atoms with Crippen molar-refractivity contribution >= 4 is 11.9 Å². The van der Waals surface area contributed by atoms with Gasteiger partial charge in [-0.25, -0.2) is 4.79 Å². The van der Waals surface area contributed by atoms with E-state index in [0.717, 1.165) is 5.56 Å². The van der Waals surface area contributed by atoms with Crippen LogP contribution >= 0.6 is 0 Å². The van der Waals surface area contributed by atoms with Crippen LogP contribution in [0.3, 0.4) is 0 Å². The van der Waals surface area contributed by atoms with Gasteiger partial charge in [-0.1, -0.05) is 30.3 Å². The van der Waals surface area contributed by atoms with E-state index in [1.54, 1.807) is 0 Å². The number of hydrogen-bond acceptors (Lipinski definition) is 3. The Hall–Kier alpha value is -1.88. The average molecular weight is 249 g/mol. The van der Waals surface area contributed by atoms with E-state index in [0.29, 0.717) is 12.8 Å². The molecule has 1 fully saturated rings. The molecule has 1 aliphatic rings. The number of carboxylic acids is 1. The zero-order valence-corrected chi connectivity index (χ0v) is 9.80. The maximum absolute atomic E-state index is 12.1. The van der Waals surface area contributed by atoms with Crippen molar-refractivity contribution in [3.05, 3.63) is 35.9 Å². The first kappa shape index (κ1) is 12.6. The summed E-state index contributed by atoms with van der Waals surface area (Å²) in [4.78, 5) is 22.9. The van der Waals surface area contributed by atoms with Gasteiger partial charge in [0.15, 0.2) is 0 Å². The van der Waals surface area contributed by atoms with Crippen molar-refractivity contribution in [3.63, 3.8) is 0 Å². The number of aliphatic hydroxyl groups is 1. The lowest BCUT2D eigenvalue weighted by atomic mass is 9.95. The SMILES string of the molecule is O=C(O)C(CO)NC(=O)C1(c2ccccc2)CC1. The Bertz CT molecular complexity index is 453. The molecule has 1 amide bonds. The van der Waals surface area contributed by atoms with Gasteiger partial charge in [0.1, 0.15) is 6.04 Å². The van der Waals surface area contributed by atoms with Crippen LogP contribution in [-0.2, 0) is 15.0 Å². The summed E-state index contributed by atoms with van der Waals surface area (Å²) >= 11 is 0. The van der Waals surface area contributed by atoms with Gasteiger partial charge in [-0.2, -0.15) is 0 Å². The van der Waals surface area contributed by atoms with Crippen molar-refractivity contribution in [2.75, 3.05) is 6.61 Å². The lowest BCUT2D eigenvalue weighted by Crippen LogP contribution is -2.47. The fourth-order valence-corrected chi connectivity index (χ4v) is 2.01. The molecule has 0 aromatic heterocycles. The summed E-state index contributed by atoms with van der Waals surface area (Å²) in [5.74, 6) is -1.55. The third-order valence-corrected chi connectivity index (χ3v) is 3.30. The summed E-state index contributed by atoms with van der Waals surface area (Å²) in [6.45, 7) is -0.605. The molecule has 1 atom stereocenters. The van der Waals surface area contributed by atoms with E-state index < -0.39 is 24.0 Å². The normalized spacial score (nSPS) is 17.8. The highest BCUT2D eigenvalue weighted by Gasteiger charge is 2.51. The second-order valence-electron chi connectivity index (χ2n) is 4.49. The maximum Gasteiger partial charge on any atom is 0.328 e. The van der Waals surface area contributed by atoms with Crippen LogP contribution in [0.4, 0.5) is 0 Å². The highest BCUT2D eigenvalue weighted by atomic mass is 16.4. The standard InChI is InChI=1S/C13H15NO4/c15-8-10(11(16)17)14-12(18)13(6-7-13)9-4-2-1-3-5-9/h1-5,10,15H,6-8H2,(H,14,18)(H,16,17). The monoisotopic (exact) mass is 249 g/mol. The summed E-state index contributed by atoms with van der Waals surface area (Å²) in [6, 6.07) is 8.06. The van der Waals surface area contributed by atoms with Crippen LogP contribution in [0.5, 0.6) is 0 Å². The van der Waals surface area contributed by atoms with Gasteiger partial charge in [-0.05, 0) is 18.4 Å². The topological polar surface area (TPSA) is 86.6 Å². The first-order chi connectivity index (χ1) is 8.60. The van der Waals surface area contributed by atoms with Crippen molar-refractivity contribution in [2.45, 2.75) is 24.3 Å². The van der Waals surface area contributed by atoms with Gasteiger partial charge in [-0.3, -0.25) is 4.79 Å². The molecule has 3 N–H and O–H groups in total. The van der Waals surface area contributed by atoms with Gasteiger partial charge in [0.05, 0.1) is 12.0 Å². The number of aliphatic hydroxyl groups excluding tert-OH is 1. The van der Waals surface area contributed by atoms with Gasteiger partial charge >= 0.3 is 5.97 Å². The number of aliphatic carboxylic acids is 1. The second kappa shape index (κ2) is 4.78. The van der Waals surface area contributed by atoms with E-state index in [4.69, 9.17) is 10.2 Å². The summed E-state index contributed by atoms with van der Waals surface area (Å²) in [6.07, 6.45) is 1.42. The number of carbonyl (C=O) groups excluding carboxylic acids is 1. The molecule has 5 heteroatoms. The van der Waals surface area contributed by atoms with Gasteiger partial charge in [0.2, 0.25) is 5.91 Å². The average Bonchev–Trinajstić information content (AvgIpc) is 3.18. The van der Waals surface area contributed by atoms with E-state index in [1.165, 1.54) is 0 Å². The molecule has 0 spiro atoms. The lowest BCUT2D eigenvalue weighted by Gasteiger charge is -2.18. The van der Waals surface area contributed by atoms with Crippen molar-refractivity contribution in [2.24, 2.45) is 0 Å². The van der Waals surface area contributed by atoms with E-state index in [9.17, 15) is 9.59 Å². The van der Waals surface area contributed by atoms with Gasteiger partial charge < -0.3 is 15.5 Å². The highest BCUT2D eigenvalue weighted by Crippen LogP contribution is 2.48. The predicted molar refractivity (Wildman–Crippen MR) is 64.0 cm³/mol. The number of nitrogens with one attached hydrogen (secondary N) is 1. The number of rotatable bonds is 5. The van der Waals surface area contributed by atoms with Crippen molar-refractivity contribution < 1.29 is 19.8 Å². The second-order valence-corrected chi connectivity index (χ2v) is 4.49. The van der Waals surface area contributed by atoms with Crippen molar-refractivity contribution in [3.8, 4) is 0 Å². The van der Waals surface area contributed by atoms with Gasteiger partial charge in [0, 0.05) is 0 Å². The molecular weight excluding hydrogens is 234 g/mol. The third kappa shape index (κ3) is 2.22. The molecule has 1 aromatic carbocycles. The Balaban J connectivity index is 2.12. The predicted octanol–water partition coefficient (Wildman–Crippen LogP) is 0.280. The summed E-state index contributed by atoms with van der Waals surface area (Å²) in [5, 5.41) is 20.1. The van der Waals surface area contributed by atoms with Crippen LogP contribution < -0.4 is 5.32 Å². The van der Waals surface area contributed by atoms with E-state index in [2.05, 4.69) is 5.32 Å². The zero-order chi connectivity index (χ0) is 13.2. The first-order valence-electron chi connectivity index (χ1n) is 5.80. The lowest BCUT2D eigenvalue weighted by molar-refractivity contribution is -0.143. The van der Waals surface area contributed by atoms with Gasteiger partial charge in [-0.15, -0.1) is 0 Å². The molecule has 1 unspecified atom stereocenters. The number of carboxylic acid groups (broad SMARTS) is 1. The Morgan fingerprint density at radius 1 is 1.28 bits per heavy atom. The minimum atomic E-state index is -1.24. The molecule has 0 saturated heterocycles. The molecule has 18 heavy (non-hydrogen) atoms. The maximum atomic E-state index is 12.1. The van der Waals surface area contributed by atoms with Crippen LogP contribution in [0, 0.1) is 0 Å². The van der Waals surface area contributed by atoms with Gasteiger partial charge in [0.25, 0.3) is 0 Å². The molecule has 0 aliphatic heterocycles. The van der Waals surface area contributed by atoms with Crippen LogP contribution in [0.25, 0.3) is 0 Å². The Morgan fingerprint density at radius 3 is 2.33 bits per heavy atom. The van der Waals surface area contributed by atoms with E-state index in [1.807, 2.05) is 30.3 Å². The molecule has 0 bridgehead atoms. The van der Waals surface area contributed by atoms with E-state index in [-0.39, 0.29) is 5.91 Å². The minimum absolute atomic E-state index is 0.324. The molecule has 2 rings (SSSR count). The van der Waals surface area contributed by atoms with Crippen molar-refractivity contribution in [1.82, 2.24) is 5.32 Å². The smallest absolute Gasteiger partial charge is 0.328 e. The molecule has 1 aromatic rings. The number of hydrogen-bond donors (Lipinski definition) is 3. The van der Waals surface area contributed by atoms with Crippen LogP contribution in [0.2, 0.25) is 0 Å². The molecule has 1 aliphatic carbocycles. The molecule has 0 radical (unpaired) electrons. The largest absolute Gasteiger partial charge is 0.480 e. The molecule has 96 valence electrons. The summed E-state index contributed by atoms with van der Waals surface area (Å²) in [7, 11) is 0. The fraction of sp³-hybridized carbons (Fsp3) is 0.385. The number of carbonyl (C=O) groups is 2. The van der Waals surface area contributed by atoms with Crippen LogP contribution in [0.1, 0.15) is 18.4 Å². The molecular formula is C13H15NO4. The quantitative estimate of drug-likeness (QED) is 0.699. The molecule has 5 nitrogen and oxygen atoms in total. The first-order valence-corrected chi connectivity index (χ1v) is 5.80. The Kier molecular flexibility index (Phi) is 3.34. The Labute approximate surface area is 104 Å². The summed E-state index contributed by atoms with van der Waals surface area (Å²) < 4.78 is 0. The molecule has 0 heterocycles.